The highest BCUT2D eigenvalue weighted by molar-refractivity contribution is 4.87. The van der Waals surface area contributed by atoms with E-state index < -0.39 is 0 Å². The van der Waals surface area contributed by atoms with E-state index >= 15 is 0 Å². The van der Waals surface area contributed by atoms with Crippen molar-refractivity contribution in [3.63, 3.8) is 0 Å². The zero-order chi connectivity index (χ0) is 12.0. The van der Waals surface area contributed by atoms with Crippen LogP contribution >= 0.6 is 0 Å². The number of nitrogens with one attached hydrogen (secondary N) is 1. The second-order valence-electron chi connectivity index (χ2n) is 5.52. The Bertz CT molecular complexity index is 188. The molecule has 1 saturated heterocycles. The quantitative estimate of drug-likeness (QED) is 0.749. The molecule has 1 N–H and O–H groups in total. The fourth-order valence-corrected chi connectivity index (χ4v) is 2.34. The molecule has 1 rings (SSSR count). The third-order valence-electron chi connectivity index (χ3n) is 3.43. The molecule has 0 aliphatic carbocycles. The minimum atomic E-state index is 0.327. The summed E-state index contributed by atoms with van der Waals surface area (Å²) in [6, 6.07) is 0.561. The number of ether oxygens (including phenoxy) is 1. The standard InChI is InChI=1S/C13H28N2O/c1-5-15(4)10-13(9-14-12(2)3)7-6-8-16-11-13/h12,14H,5-11H2,1-4H3. The summed E-state index contributed by atoms with van der Waals surface area (Å²) in [5.74, 6) is 0. The topological polar surface area (TPSA) is 24.5 Å². The Balaban J connectivity index is 2.52. The molecule has 96 valence electrons. The molecule has 0 saturated carbocycles. The fourth-order valence-electron chi connectivity index (χ4n) is 2.34. The lowest BCUT2D eigenvalue weighted by atomic mass is 9.81. The molecule has 1 unspecified atom stereocenters. The van der Waals surface area contributed by atoms with Crippen molar-refractivity contribution >= 4 is 0 Å². The van der Waals surface area contributed by atoms with Crippen LogP contribution in [0, 0.1) is 5.41 Å². The van der Waals surface area contributed by atoms with Crippen LogP contribution in [0.5, 0.6) is 0 Å². The van der Waals surface area contributed by atoms with Crippen molar-refractivity contribution < 1.29 is 4.74 Å². The summed E-state index contributed by atoms with van der Waals surface area (Å²) in [5, 5.41) is 3.58. The van der Waals surface area contributed by atoms with Crippen LogP contribution < -0.4 is 5.32 Å². The predicted octanol–water partition coefficient (Wildman–Crippen LogP) is 1.73. The molecular formula is C13H28N2O. The smallest absolute Gasteiger partial charge is 0.0546 e. The van der Waals surface area contributed by atoms with Gasteiger partial charge in [-0.2, -0.15) is 0 Å². The minimum Gasteiger partial charge on any atom is -0.381 e. The third-order valence-corrected chi connectivity index (χ3v) is 3.43. The maximum absolute atomic E-state index is 5.70. The monoisotopic (exact) mass is 228 g/mol. The third kappa shape index (κ3) is 4.40. The molecule has 1 aliphatic heterocycles. The van der Waals surface area contributed by atoms with Crippen molar-refractivity contribution in [3.05, 3.63) is 0 Å². The lowest BCUT2D eigenvalue weighted by Crippen LogP contribution is -2.49. The van der Waals surface area contributed by atoms with Gasteiger partial charge in [-0.1, -0.05) is 20.8 Å². The molecule has 0 amide bonds. The van der Waals surface area contributed by atoms with Crippen LogP contribution in [0.15, 0.2) is 0 Å². The number of nitrogens with zero attached hydrogens (tertiary/aromatic N) is 1. The Hall–Kier alpha value is -0.120. The van der Waals surface area contributed by atoms with Gasteiger partial charge in [-0.3, -0.25) is 0 Å². The molecule has 16 heavy (non-hydrogen) atoms. The zero-order valence-electron chi connectivity index (χ0n) is 11.4. The van der Waals surface area contributed by atoms with E-state index in [4.69, 9.17) is 4.74 Å². The van der Waals surface area contributed by atoms with Crippen molar-refractivity contribution in [3.8, 4) is 0 Å². The molecule has 1 heterocycles. The van der Waals surface area contributed by atoms with Gasteiger partial charge >= 0.3 is 0 Å². The number of rotatable bonds is 6. The average molecular weight is 228 g/mol. The molecule has 1 aliphatic rings. The van der Waals surface area contributed by atoms with E-state index in [1.165, 1.54) is 12.8 Å². The summed E-state index contributed by atoms with van der Waals surface area (Å²) in [4.78, 5) is 2.40. The van der Waals surface area contributed by atoms with Gasteiger partial charge in [-0.15, -0.1) is 0 Å². The lowest BCUT2D eigenvalue weighted by Gasteiger charge is -2.40. The summed E-state index contributed by atoms with van der Waals surface area (Å²) in [5.41, 5.74) is 0.327. The van der Waals surface area contributed by atoms with E-state index in [0.717, 1.165) is 32.8 Å². The van der Waals surface area contributed by atoms with Gasteiger partial charge in [0.05, 0.1) is 6.61 Å². The van der Waals surface area contributed by atoms with Crippen LogP contribution in [0.1, 0.15) is 33.6 Å². The summed E-state index contributed by atoms with van der Waals surface area (Å²) in [7, 11) is 2.20. The lowest BCUT2D eigenvalue weighted by molar-refractivity contribution is -0.0228. The number of hydrogen-bond donors (Lipinski definition) is 1. The van der Waals surface area contributed by atoms with Gasteiger partial charge in [0.1, 0.15) is 0 Å². The van der Waals surface area contributed by atoms with Crippen LogP contribution in [0.3, 0.4) is 0 Å². The predicted molar refractivity (Wildman–Crippen MR) is 68.8 cm³/mol. The van der Waals surface area contributed by atoms with Crippen LogP contribution in [-0.2, 0) is 4.74 Å². The molecule has 3 heteroatoms. The van der Waals surface area contributed by atoms with E-state index in [0.29, 0.717) is 11.5 Å². The molecular weight excluding hydrogens is 200 g/mol. The van der Waals surface area contributed by atoms with Gasteiger partial charge < -0.3 is 15.0 Å². The van der Waals surface area contributed by atoms with E-state index in [9.17, 15) is 0 Å². The summed E-state index contributed by atoms with van der Waals surface area (Å²) >= 11 is 0. The average Bonchev–Trinajstić information content (AvgIpc) is 2.28. The van der Waals surface area contributed by atoms with Crippen molar-refractivity contribution in [2.75, 3.05) is 39.9 Å². The molecule has 0 bridgehead atoms. The Morgan fingerprint density at radius 3 is 2.69 bits per heavy atom. The first kappa shape index (κ1) is 13.9. The first-order chi connectivity index (χ1) is 7.58. The molecule has 3 nitrogen and oxygen atoms in total. The van der Waals surface area contributed by atoms with Crippen LogP contribution in [-0.4, -0.2) is 50.8 Å². The van der Waals surface area contributed by atoms with Gasteiger partial charge in [0.15, 0.2) is 0 Å². The highest BCUT2D eigenvalue weighted by Crippen LogP contribution is 2.28. The van der Waals surface area contributed by atoms with Crippen molar-refractivity contribution in [1.82, 2.24) is 10.2 Å². The molecule has 0 radical (unpaired) electrons. The van der Waals surface area contributed by atoms with E-state index in [1.807, 2.05) is 0 Å². The summed E-state index contributed by atoms with van der Waals surface area (Å²) < 4.78 is 5.70. The Kier molecular flexibility index (Phi) is 5.73. The van der Waals surface area contributed by atoms with Crippen molar-refractivity contribution in [2.45, 2.75) is 39.7 Å². The Labute approximate surface area is 101 Å². The Morgan fingerprint density at radius 2 is 2.19 bits per heavy atom. The molecule has 1 atom stereocenters. The normalized spacial score (nSPS) is 26.6. The SMILES string of the molecule is CCN(C)CC1(CNC(C)C)CCCOC1. The maximum Gasteiger partial charge on any atom is 0.0546 e. The second kappa shape index (κ2) is 6.58. The van der Waals surface area contributed by atoms with Gasteiger partial charge in [0, 0.05) is 31.2 Å². The van der Waals surface area contributed by atoms with E-state index in [-0.39, 0.29) is 0 Å². The van der Waals surface area contributed by atoms with Gasteiger partial charge in [-0.25, -0.2) is 0 Å². The molecule has 0 aromatic rings. The molecule has 0 aromatic carbocycles. The fraction of sp³-hybridized carbons (Fsp3) is 1.00. The van der Waals surface area contributed by atoms with E-state index in [2.05, 4.69) is 38.0 Å². The van der Waals surface area contributed by atoms with Crippen LogP contribution in [0.4, 0.5) is 0 Å². The van der Waals surface area contributed by atoms with Crippen molar-refractivity contribution in [2.24, 2.45) is 5.41 Å². The maximum atomic E-state index is 5.70. The first-order valence-electron chi connectivity index (χ1n) is 6.58. The highest BCUT2D eigenvalue weighted by atomic mass is 16.5. The van der Waals surface area contributed by atoms with Gasteiger partial charge in [0.25, 0.3) is 0 Å². The minimum absolute atomic E-state index is 0.327. The second-order valence-corrected chi connectivity index (χ2v) is 5.52. The zero-order valence-corrected chi connectivity index (χ0v) is 11.4. The van der Waals surface area contributed by atoms with E-state index in [1.54, 1.807) is 0 Å². The van der Waals surface area contributed by atoms with Crippen LogP contribution in [0.2, 0.25) is 0 Å². The van der Waals surface area contributed by atoms with Gasteiger partial charge in [0.2, 0.25) is 0 Å². The van der Waals surface area contributed by atoms with Crippen molar-refractivity contribution in [1.29, 1.82) is 0 Å². The summed E-state index contributed by atoms with van der Waals surface area (Å²) in [6.07, 6.45) is 2.49. The van der Waals surface area contributed by atoms with Gasteiger partial charge in [-0.05, 0) is 26.4 Å². The molecule has 1 fully saturated rings. The molecule has 0 spiro atoms. The van der Waals surface area contributed by atoms with Crippen LogP contribution in [0.25, 0.3) is 0 Å². The molecule has 0 aromatic heterocycles. The highest BCUT2D eigenvalue weighted by Gasteiger charge is 2.33. The largest absolute Gasteiger partial charge is 0.381 e. The summed E-state index contributed by atoms with van der Waals surface area (Å²) in [6.45, 7) is 11.8. The Morgan fingerprint density at radius 1 is 1.44 bits per heavy atom. The first-order valence-corrected chi connectivity index (χ1v) is 6.58. The number of hydrogen-bond acceptors (Lipinski definition) is 3.